The van der Waals surface area contributed by atoms with Gasteiger partial charge in [-0.3, -0.25) is 4.90 Å². The van der Waals surface area contributed by atoms with Gasteiger partial charge in [-0.05, 0) is 57.9 Å². The average Bonchev–Trinajstić information content (AvgIpc) is 2.85. The van der Waals surface area contributed by atoms with Crippen LogP contribution in [-0.4, -0.2) is 23.0 Å². The zero-order chi connectivity index (χ0) is 8.40. The van der Waals surface area contributed by atoms with Crippen molar-refractivity contribution in [2.24, 2.45) is 5.41 Å². The quantitative estimate of drug-likeness (QED) is 0.498. The third-order valence-corrected chi connectivity index (χ3v) is 4.65. The number of rotatable bonds is 0. The monoisotopic (exact) mass is 165 g/mol. The molecule has 2 heterocycles. The van der Waals surface area contributed by atoms with Crippen LogP contribution in [0.4, 0.5) is 0 Å². The third kappa shape index (κ3) is 0.834. The summed E-state index contributed by atoms with van der Waals surface area (Å²) in [6.45, 7) is 6.20. The minimum Gasteiger partial charge on any atom is -0.292 e. The molecule has 1 heteroatoms. The van der Waals surface area contributed by atoms with Gasteiger partial charge in [0, 0.05) is 11.6 Å². The fraction of sp³-hybridized carbons (Fsp3) is 1.00. The van der Waals surface area contributed by atoms with E-state index in [1.165, 1.54) is 38.6 Å². The van der Waals surface area contributed by atoms with Crippen LogP contribution < -0.4 is 0 Å². The average molecular weight is 165 g/mol. The summed E-state index contributed by atoms with van der Waals surface area (Å²) < 4.78 is 0. The first-order valence-corrected chi connectivity index (χ1v) is 5.41. The van der Waals surface area contributed by atoms with Gasteiger partial charge in [-0.15, -0.1) is 0 Å². The molecule has 0 aromatic rings. The van der Waals surface area contributed by atoms with Gasteiger partial charge >= 0.3 is 0 Å². The Morgan fingerprint density at radius 2 is 1.83 bits per heavy atom. The van der Waals surface area contributed by atoms with Crippen molar-refractivity contribution in [3.8, 4) is 0 Å². The topological polar surface area (TPSA) is 3.01 Å². The Morgan fingerprint density at radius 3 is 2.50 bits per heavy atom. The molecular weight excluding hydrogens is 146 g/mol. The molecule has 3 fully saturated rings. The lowest BCUT2D eigenvalue weighted by Crippen LogP contribution is -2.14. The summed E-state index contributed by atoms with van der Waals surface area (Å²) in [6, 6.07) is 0.942. The molecule has 1 spiro atoms. The molecule has 2 atom stereocenters. The fourth-order valence-corrected chi connectivity index (χ4v) is 3.21. The van der Waals surface area contributed by atoms with Crippen LogP contribution in [-0.2, 0) is 0 Å². The van der Waals surface area contributed by atoms with E-state index in [0.29, 0.717) is 5.54 Å². The van der Waals surface area contributed by atoms with Crippen LogP contribution in [0.2, 0.25) is 0 Å². The molecule has 1 nitrogen and oxygen atoms in total. The summed E-state index contributed by atoms with van der Waals surface area (Å²) in [6.07, 6.45) is 7.57. The van der Waals surface area contributed by atoms with E-state index >= 15 is 0 Å². The van der Waals surface area contributed by atoms with Crippen LogP contribution in [0, 0.1) is 5.41 Å². The van der Waals surface area contributed by atoms with Crippen molar-refractivity contribution in [3.05, 3.63) is 0 Å². The second kappa shape index (κ2) is 1.89. The van der Waals surface area contributed by atoms with Crippen molar-refractivity contribution in [3.63, 3.8) is 0 Å². The Bertz CT molecular complexity index is 197. The Labute approximate surface area is 75.1 Å². The van der Waals surface area contributed by atoms with Crippen molar-refractivity contribution >= 4 is 0 Å². The molecule has 2 aliphatic heterocycles. The maximum Gasteiger partial charge on any atom is 0.0312 e. The molecule has 12 heavy (non-hydrogen) atoms. The Morgan fingerprint density at radius 1 is 1.08 bits per heavy atom. The van der Waals surface area contributed by atoms with Crippen LogP contribution in [0.5, 0.6) is 0 Å². The van der Waals surface area contributed by atoms with Crippen molar-refractivity contribution in [2.75, 3.05) is 6.54 Å². The predicted octanol–water partition coefficient (Wildman–Crippen LogP) is 2.41. The van der Waals surface area contributed by atoms with Gasteiger partial charge in [0.05, 0.1) is 0 Å². The van der Waals surface area contributed by atoms with E-state index in [-0.39, 0.29) is 0 Å². The molecule has 1 aliphatic carbocycles. The summed E-state index contributed by atoms with van der Waals surface area (Å²) in [4.78, 5) is 2.71. The van der Waals surface area contributed by atoms with Crippen LogP contribution in [0.3, 0.4) is 0 Å². The highest BCUT2D eigenvalue weighted by Crippen LogP contribution is 2.58. The van der Waals surface area contributed by atoms with Gasteiger partial charge in [0.2, 0.25) is 0 Å². The molecule has 2 saturated heterocycles. The minimum absolute atomic E-state index is 0.566. The number of hydrogen-bond acceptors (Lipinski definition) is 1. The lowest BCUT2D eigenvalue weighted by atomic mass is 9.93. The van der Waals surface area contributed by atoms with Crippen LogP contribution in [0.15, 0.2) is 0 Å². The highest BCUT2D eigenvalue weighted by molar-refractivity contribution is 5.14. The van der Waals surface area contributed by atoms with Crippen molar-refractivity contribution in [1.29, 1.82) is 0 Å². The summed E-state index contributed by atoms with van der Waals surface area (Å²) in [5, 5.41) is 0. The fourth-order valence-electron chi connectivity index (χ4n) is 3.21. The first-order chi connectivity index (χ1) is 5.64. The number of nitrogens with zero attached hydrogens (tertiary/aromatic N) is 1. The highest BCUT2D eigenvalue weighted by Gasteiger charge is 2.58. The van der Waals surface area contributed by atoms with Gasteiger partial charge < -0.3 is 0 Å². The summed E-state index contributed by atoms with van der Waals surface area (Å²) >= 11 is 0. The third-order valence-electron chi connectivity index (χ3n) is 4.65. The normalized spacial score (nSPS) is 46.5. The SMILES string of the molecule is CC1(C)[C@H]2CCC3(CCN21)CC3. The molecular formula is C11H19N. The molecule has 0 radical (unpaired) electrons. The van der Waals surface area contributed by atoms with Gasteiger partial charge in [-0.25, -0.2) is 0 Å². The molecule has 1 saturated carbocycles. The van der Waals surface area contributed by atoms with E-state index in [2.05, 4.69) is 18.7 Å². The predicted molar refractivity (Wildman–Crippen MR) is 50.1 cm³/mol. The minimum atomic E-state index is 0.566. The summed E-state index contributed by atoms with van der Waals surface area (Å²) in [5.41, 5.74) is 1.42. The van der Waals surface area contributed by atoms with Crippen LogP contribution in [0.1, 0.15) is 46.0 Å². The second-order valence-corrected chi connectivity index (χ2v) is 5.65. The van der Waals surface area contributed by atoms with E-state index in [1.807, 2.05) is 0 Å². The van der Waals surface area contributed by atoms with E-state index in [1.54, 1.807) is 0 Å². The molecule has 68 valence electrons. The first kappa shape index (κ1) is 7.37. The lowest BCUT2D eigenvalue weighted by molar-refractivity contribution is 0.370. The molecule has 0 N–H and O–H groups in total. The molecule has 0 aromatic carbocycles. The Hall–Kier alpha value is -0.0400. The maximum absolute atomic E-state index is 2.71. The molecule has 0 amide bonds. The standard InChI is InChI=1S/C11H19N/c1-10(2)9-3-4-11(5-6-11)7-8-12(9)10/h9H,3-8H2,1-2H3/t9-,12?/m1/s1. The van der Waals surface area contributed by atoms with Gasteiger partial charge in [0.15, 0.2) is 0 Å². The zero-order valence-corrected chi connectivity index (χ0v) is 8.27. The van der Waals surface area contributed by atoms with Crippen LogP contribution >= 0.6 is 0 Å². The Kier molecular flexibility index (Phi) is 1.16. The number of hydrogen-bond donors (Lipinski definition) is 0. The van der Waals surface area contributed by atoms with Crippen molar-refractivity contribution < 1.29 is 0 Å². The van der Waals surface area contributed by atoms with Crippen molar-refractivity contribution in [1.82, 2.24) is 4.90 Å². The van der Waals surface area contributed by atoms with E-state index in [4.69, 9.17) is 0 Å². The maximum atomic E-state index is 2.71. The van der Waals surface area contributed by atoms with Crippen molar-refractivity contribution in [2.45, 2.75) is 57.5 Å². The number of fused-ring (bicyclic) bond motifs is 1. The van der Waals surface area contributed by atoms with Crippen LogP contribution in [0.25, 0.3) is 0 Å². The molecule has 3 aliphatic rings. The Balaban J connectivity index is 1.72. The molecule has 0 aromatic heterocycles. The molecule has 3 rings (SSSR count). The van der Waals surface area contributed by atoms with E-state index in [9.17, 15) is 0 Å². The second-order valence-electron chi connectivity index (χ2n) is 5.65. The largest absolute Gasteiger partial charge is 0.292 e. The van der Waals surface area contributed by atoms with E-state index < -0.39 is 0 Å². The highest BCUT2D eigenvalue weighted by atomic mass is 15.4. The lowest BCUT2D eigenvalue weighted by Gasteiger charge is -2.14. The van der Waals surface area contributed by atoms with Gasteiger partial charge in [0.25, 0.3) is 0 Å². The zero-order valence-electron chi connectivity index (χ0n) is 8.27. The molecule has 0 bridgehead atoms. The smallest absolute Gasteiger partial charge is 0.0312 e. The summed E-state index contributed by atoms with van der Waals surface area (Å²) in [7, 11) is 0. The first-order valence-electron chi connectivity index (χ1n) is 5.41. The van der Waals surface area contributed by atoms with Gasteiger partial charge in [0.1, 0.15) is 0 Å². The summed E-state index contributed by atoms with van der Waals surface area (Å²) in [5.74, 6) is 0. The molecule has 1 unspecified atom stereocenters. The van der Waals surface area contributed by atoms with Gasteiger partial charge in [-0.1, -0.05) is 0 Å². The van der Waals surface area contributed by atoms with Gasteiger partial charge in [-0.2, -0.15) is 0 Å². The van der Waals surface area contributed by atoms with E-state index in [0.717, 1.165) is 11.5 Å².